The quantitative estimate of drug-likeness (QED) is 0.203. The van der Waals surface area contributed by atoms with Gasteiger partial charge in [0.2, 0.25) is 11.8 Å². The first-order chi connectivity index (χ1) is 12.2. The predicted molar refractivity (Wildman–Crippen MR) is 115 cm³/mol. The lowest BCUT2D eigenvalue weighted by molar-refractivity contribution is -0.127. The van der Waals surface area contributed by atoms with Crippen molar-refractivity contribution in [2.75, 3.05) is 32.7 Å². The highest BCUT2D eigenvalue weighted by atomic mass is 127. The lowest BCUT2D eigenvalue weighted by Crippen LogP contribution is -2.40. The highest BCUT2D eigenvalue weighted by molar-refractivity contribution is 14.0. The summed E-state index contributed by atoms with van der Waals surface area (Å²) < 4.78 is 0. The molecule has 1 aliphatic heterocycles. The molecule has 1 saturated carbocycles. The molecular formula is C18H34IN5O2. The fourth-order valence-corrected chi connectivity index (χ4v) is 3.40. The van der Waals surface area contributed by atoms with E-state index in [1.807, 2.05) is 11.8 Å². The summed E-state index contributed by atoms with van der Waals surface area (Å²) in [4.78, 5) is 29.9. The lowest BCUT2D eigenvalue weighted by atomic mass is 10.2. The van der Waals surface area contributed by atoms with Gasteiger partial charge in [0.1, 0.15) is 0 Å². The first-order valence-corrected chi connectivity index (χ1v) is 9.78. The Hall–Kier alpha value is -1.06. The van der Waals surface area contributed by atoms with Gasteiger partial charge in [0, 0.05) is 51.6 Å². The van der Waals surface area contributed by atoms with Crippen LogP contribution >= 0.6 is 24.0 Å². The summed E-state index contributed by atoms with van der Waals surface area (Å²) >= 11 is 0. The van der Waals surface area contributed by atoms with Crippen LogP contribution in [-0.4, -0.2) is 61.4 Å². The van der Waals surface area contributed by atoms with E-state index in [2.05, 4.69) is 20.9 Å². The third kappa shape index (κ3) is 8.55. The Morgan fingerprint density at radius 3 is 2.65 bits per heavy atom. The molecule has 26 heavy (non-hydrogen) atoms. The molecule has 0 aromatic rings. The molecule has 0 bridgehead atoms. The molecule has 0 atom stereocenters. The van der Waals surface area contributed by atoms with E-state index in [-0.39, 0.29) is 35.8 Å². The predicted octanol–water partition coefficient (Wildman–Crippen LogP) is 1.62. The average Bonchev–Trinajstić information content (AvgIpc) is 3.23. The highest BCUT2D eigenvalue weighted by Gasteiger charge is 2.19. The number of aliphatic imine (C=N–C) groups is 1. The summed E-state index contributed by atoms with van der Waals surface area (Å²) in [5, 5.41) is 9.50. The van der Waals surface area contributed by atoms with Crippen LogP contribution in [0.3, 0.4) is 0 Å². The van der Waals surface area contributed by atoms with Crippen LogP contribution < -0.4 is 16.0 Å². The van der Waals surface area contributed by atoms with Crippen molar-refractivity contribution in [1.29, 1.82) is 0 Å². The topological polar surface area (TPSA) is 85.8 Å². The van der Waals surface area contributed by atoms with Crippen LogP contribution in [0.2, 0.25) is 0 Å². The maximum atomic E-state index is 11.9. The van der Waals surface area contributed by atoms with Gasteiger partial charge in [-0.05, 0) is 32.6 Å². The van der Waals surface area contributed by atoms with Crippen molar-refractivity contribution in [3.05, 3.63) is 0 Å². The van der Waals surface area contributed by atoms with Crippen molar-refractivity contribution in [1.82, 2.24) is 20.9 Å². The fraction of sp³-hybridized carbons (Fsp3) is 0.833. The minimum atomic E-state index is 0. The van der Waals surface area contributed by atoms with Crippen LogP contribution in [-0.2, 0) is 9.59 Å². The van der Waals surface area contributed by atoms with Gasteiger partial charge in [0.05, 0.1) is 0 Å². The summed E-state index contributed by atoms with van der Waals surface area (Å²) in [7, 11) is 0. The summed E-state index contributed by atoms with van der Waals surface area (Å²) in [6.07, 6.45) is 7.68. The maximum absolute atomic E-state index is 11.9. The molecule has 0 unspecified atom stereocenters. The Bertz CT molecular complexity index is 466. The maximum Gasteiger partial charge on any atom is 0.222 e. The number of nitrogens with one attached hydrogen (secondary N) is 3. The van der Waals surface area contributed by atoms with Gasteiger partial charge in [-0.25, -0.2) is 0 Å². The molecule has 0 aromatic carbocycles. The molecule has 3 N–H and O–H groups in total. The molecule has 2 rings (SSSR count). The number of likely N-dealkylation sites (tertiary alicyclic amines) is 1. The molecule has 0 aromatic heterocycles. The van der Waals surface area contributed by atoms with Gasteiger partial charge < -0.3 is 20.9 Å². The van der Waals surface area contributed by atoms with Gasteiger partial charge in [-0.15, -0.1) is 24.0 Å². The normalized spacial score (nSPS) is 18.0. The van der Waals surface area contributed by atoms with Crippen LogP contribution in [0.5, 0.6) is 0 Å². The van der Waals surface area contributed by atoms with Crippen molar-refractivity contribution in [2.24, 2.45) is 4.99 Å². The van der Waals surface area contributed by atoms with E-state index >= 15 is 0 Å². The van der Waals surface area contributed by atoms with Crippen LogP contribution in [0, 0.1) is 0 Å². The largest absolute Gasteiger partial charge is 0.357 e. The standard InChI is InChI=1S/C18H33N5O2.HI/c1-2-19-18(20-11-6-14-23-13-5-9-17(23)25)21-12-10-16(24)22-15-7-3-4-8-15;/h15H,2-14H2,1H3,(H,22,24)(H2,19,20,21);1H. The second-order valence-corrected chi connectivity index (χ2v) is 6.82. The molecular weight excluding hydrogens is 445 g/mol. The molecule has 7 nitrogen and oxygen atoms in total. The zero-order valence-electron chi connectivity index (χ0n) is 15.9. The van der Waals surface area contributed by atoms with E-state index in [9.17, 15) is 9.59 Å². The van der Waals surface area contributed by atoms with Crippen LogP contribution in [0.25, 0.3) is 0 Å². The number of carbonyl (C=O) groups excluding carboxylic acids is 2. The Morgan fingerprint density at radius 1 is 1.23 bits per heavy atom. The van der Waals surface area contributed by atoms with E-state index < -0.39 is 0 Å². The van der Waals surface area contributed by atoms with Gasteiger partial charge in [-0.3, -0.25) is 14.6 Å². The summed E-state index contributed by atoms with van der Waals surface area (Å²) in [6.45, 7) is 5.72. The summed E-state index contributed by atoms with van der Waals surface area (Å²) in [6, 6.07) is 0.378. The first-order valence-electron chi connectivity index (χ1n) is 9.78. The van der Waals surface area contributed by atoms with Gasteiger partial charge in [0.25, 0.3) is 0 Å². The molecule has 0 spiro atoms. The SMILES string of the molecule is CCNC(=NCCCN1CCCC1=O)NCCC(=O)NC1CCCC1.I. The van der Waals surface area contributed by atoms with Crippen molar-refractivity contribution in [3.8, 4) is 0 Å². The van der Waals surface area contributed by atoms with Crippen molar-refractivity contribution < 1.29 is 9.59 Å². The second kappa shape index (κ2) is 13.2. The van der Waals surface area contributed by atoms with Crippen LogP contribution in [0.1, 0.15) is 58.3 Å². The lowest BCUT2D eigenvalue weighted by Gasteiger charge is -2.15. The summed E-state index contributed by atoms with van der Waals surface area (Å²) in [5.74, 6) is 1.12. The van der Waals surface area contributed by atoms with E-state index in [1.165, 1.54) is 12.8 Å². The van der Waals surface area contributed by atoms with E-state index in [0.717, 1.165) is 51.3 Å². The molecule has 1 saturated heterocycles. The molecule has 2 aliphatic rings. The average molecular weight is 479 g/mol. The zero-order chi connectivity index (χ0) is 17.9. The molecule has 0 radical (unpaired) electrons. The van der Waals surface area contributed by atoms with Crippen molar-refractivity contribution in [3.63, 3.8) is 0 Å². The van der Waals surface area contributed by atoms with E-state index in [1.54, 1.807) is 0 Å². The Kier molecular flexibility index (Phi) is 11.6. The Morgan fingerprint density at radius 2 is 2.00 bits per heavy atom. The van der Waals surface area contributed by atoms with Crippen molar-refractivity contribution >= 4 is 41.8 Å². The van der Waals surface area contributed by atoms with Gasteiger partial charge >= 0.3 is 0 Å². The monoisotopic (exact) mass is 479 g/mol. The third-order valence-corrected chi connectivity index (χ3v) is 4.74. The molecule has 1 aliphatic carbocycles. The Labute approximate surface area is 174 Å². The number of rotatable bonds is 9. The molecule has 2 fully saturated rings. The number of carbonyl (C=O) groups is 2. The zero-order valence-corrected chi connectivity index (χ0v) is 18.2. The number of halogens is 1. The summed E-state index contributed by atoms with van der Waals surface area (Å²) in [5.41, 5.74) is 0. The van der Waals surface area contributed by atoms with E-state index in [4.69, 9.17) is 0 Å². The fourth-order valence-electron chi connectivity index (χ4n) is 3.40. The number of hydrogen-bond donors (Lipinski definition) is 3. The smallest absolute Gasteiger partial charge is 0.222 e. The molecule has 1 heterocycles. The molecule has 2 amide bonds. The molecule has 150 valence electrons. The number of nitrogens with zero attached hydrogens (tertiary/aromatic N) is 2. The highest BCUT2D eigenvalue weighted by Crippen LogP contribution is 2.17. The first kappa shape index (κ1) is 23.0. The number of guanidine groups is 1. The van der Waals surface area contributed by atoms with Gasteiger partial charge in [0.15, 0.2) is 5.96 Å². The third-order valence-electron chi connectivity index (χ3n) is 4.74. The van der Waals surface area contributed by atoms with Crippen molar-refractivity contribution in [2.45, 2.75) is 64.3 Å². The minimum Gasteiger partial charge on any atom is -0.357 e. The van der Waals surface area contributed by atoms with Gasteiger partial charge in [-0.1, -0.05) is 12.8 Å². The van der Waals surface area contributed by atoms with Crippen LogP contribution in [0.15, 0.2) is 4.99 Å². The molecule has 8 heteroatoms. The van der Waals surface area contributed by atoms with Gasteiger partial charge in [-0.2, -0.15) is 0 Å². The van der Waals surface area contributed by atoms with E-state index in [0.29, 0.717) is 32.0 Å². The van der Waals surface area contributed by atoms with Crippen LogP contribution in [0.4, 0.5) is 0 Å². The second-order valence-electron chi connectivity index (χ2n) is 6.82. The number of hydrogen-bond acceptors (Lipinski definition) is 3. The number of amides is 2. The Balaban J connectivity index is 0.00000338. The minimum absolute atomic E-state index is 0.